The van der Waals surface area contributed by atoms with Crippen molar-refractivity contribution in [3.05, 3.63) is 88.5 Å². The number of ether oxygens (including phenoxy) is 1. The first-order chi connectivity index (χ1) is 18.2. The van der Waals surface area contributed by atoms with Crippen molar-refractivity contribution in [2.45, 2.75) is 26.3 Å². The first-order valence-electron chi connectivity index (χ1n) is 11.8. The van der Waals surface area contributed by atoms with Crippen molar-refractivity contribution in [3.63, 3.8) is 0 Å². The lowest BCUT2D eigenvalue weighted by molar-refractivity contribution is -0.132. The second-order valence-corrected chi connectivity index (χ2v) is 9.83. The van der Waals surface area contributed by atoms with Crippen molar-refractivity contribution in [3.8, 4) is 11.5 Å². The molecule has 1 aliphatic heterocycles. The molecule has 4 aromatic rings. The van der Waals surface area contributed by atoms with Crippen molar-refractivity contribution in [2.75, 3.05) is 11.5 Å². The number of hydrogen-bond acceptors (Lipinski definition) is 7. The lowest BCUT2D eigenvalue weighted by Gasteiger charge is -2.23. The molecule has 0 saturated carbocycles. The van der Waals surface area contributed by atoms with Gasteiger partial charge >= 0.3 is 5.91 Å². The highest BCUT2D eigenvalue weighted by Gasteiger charge is 2.48. The van der Waals surface area contributed by atoms with Crippen LogP contribution >= 0.6 is 11.3 Å². The van der Waals surface area contributed by atoms with Gasteiger partial charge in [0, 0.05) is 11.6 Å². The molecule has 0 bridgehead atoms. The highest BCUT2D eigenvalue weighted by molar-refractivity contribution is 7.22. The SMILES string of the molecule is CCCOc1ccc(/C(O)=C2\C(=O)C(=O)N(c3nc4c(F)cc(F)cc4s3)C2c2ccc(O)cc2)cc1C. The monoisotopic (exact) mass is 536 g/mol. The number of halogens is 2. The van der Waals surface area contributed by atoms with Gasteiger partial charge in [0.2, 0.25) is 0 Å². The van der Waals surface area contributed by atoms with E-state index in [2.05, 4.69) is 4.98 Å². The predicted octanol–water partition coefficient (Wildman–Crippen LogP) is 6.00. The van der Waals surface area contributed by atoms with Crippen LogP contribution in [0.4, 0.5) is 13.9 Å². The summed E-state index contributed by atoms with van der Waals surface area (Å²) in [4.78, 5) is 31.9. The van der Waals surface area contributed by atoms with Gasteiger partial charge in [-0.1, -0.05) is 30.4 Å². The van der Waals surface area contributed by atoms with E-state index in [1.807, 2.05) is 6.92 Å². The molecule has 3 aromatic carbocycles. The summed E-state index contributed by atoms with van der Waals surface area (Å²) in [5, 5.41) is 21.1. The van der Waals surface area contributed by atoms with E-state index in [1.54, 1.807) is 25.1 Å². The minimum absolute atomic E-state index is 0.0387. The number of aromatic hydroxyl groups is 1. The summed E-state index contributed by atoms with van der Waals surface area (Å²) in [5.74, 6) is -3.47. The Morgan fingerprint density at radius 2 is 1.84 bits per heavy atom. The van der Waals surface area contributed by atoms with Crippen molar-refractivity contribution < 1.29 is 33.3 Å². The van der Waals surface area contributed by atoms with Crippen LogP contribution in [0.15, 0.2) is 60.2 Å². The van der Waals surface area contributed by atoms with Gasteiger partial charge in [0.1, 0.15) is 28.6 Å². The van der Waals surface area contributed by atoms with Crippen LogP contribution < -0.4 is 9.64 Å². The van der Waals surface area contributed by atoms with E-state index >= 15 is 0 Å². The largest absolute Gasteiger partial charge is 0.508 e. The van der Waals surface area contributed by atoms with E-state index < -0.39 is 35.1 Å². The van der Waals surface area contributed by atoms with Crippen LogP contribution in [-0.4, -0.2) is 33.5 Å². The number of anilines is 1. The molecule has 2 heterocycles. The molecule has 0 radical (unpaired) electrons. The molecule has 1 amide bonds. The molecule has 1 unspecified atom stereocenters. The summed E-state index contributed by atoms with van der Waals surface area (Å²) in [5.41, 5.74) is 1.07. The topological polar surface area (TPSA) is 100.0 Å². The molecule has 1 saturated heterocycles. The molecule has 194 valence electrons. The summed E-state index contributed by atoms with van der Waals surface area (Å²) in [6.45, 7) is 4.30. The predicted molar refractivity (Wildman–Crippen MR) is 139 cm³/mol. The number of phenols is 1. The van der Waals surface area contributed by atoms with E-state index in [9.17, 15) is 28.6 Å². The molecule has 1 fully saturated rings. The van der Waals surface area contributed by atoms with Gasteiger partial charge in [0.05, 0.1) is 22.9 Å². The van der Waals surface area contributed by atoms with Crippen LogP contribution in [0, 0.1) is 18.6 Å². The number of aliphatic hydroxyl groups is 1. The Kier molecular flexibility index (Phi) is 6.58. The quantitative estimate of drug-likeness (QED) is 0.178. The minimum atomic E-state index is -1.14. The van der Waals surface area contributed by atoms with Crippen LogP contribution in [0.25, 0.3) is 16.0 Å². The number of rotatable bonds is 6. The molecule has 0 spiro atoms. The average Bonchev–Trinajstić information content (AvgIpc) is 3.42. The second-order valence-electron chi connectivity index (χ2n) is 8.82. The maximum absolute atomic E-state index is 14.4. The molecule has 5 rings (SSSR count). The van der Waals surface area contributed by atoms with Crippen molar-refractivity contribution in [2.24, 2.45) is 0 Å². The minimum Gasteiger partial charge on any atom is -0.508 e. The summed E-state index contributed by atoms with van der Waals surface area (Å²) in [6, 6.07) is 11.3. The van der Waals surface area contributed by atoms with Crippen LogP contribution in [0.1, 0.15) is 36.1 Å². The molecule has 2 N–H and O–H groups in total. The van der Waals surface area contributed by atoms with E-state index in [0.717, 1.165) is 34.3 Å². The van der Waals surface area contributed by atoms with Gasteiger partial charge in [-0.15, -0.1) is 0 Å². The normalized spacial score (nSPS) is 16.9. The number of thiazole rings is 1. The zero-order valence-electron chi connectivity index (χ0n) is 20.4. The summed E-state index contributed by atoms with van der Waals surface area (Å²) in [7, 11) is 0. The number of nitrogens with zero attached hydrogens (tertiary/aromatic N) is 2. The lowest BCUT2D eigenvalue weighted by Crippen LogP contribution is -2.29. The Morgan fingerprint density at radius 3 is 2.53 bits per heavy atom. The summed E-state index contributed by atoms with van der Waals surface area (Å²) in [6.07, 6.45) is 0.819. The second kappa shape index (κ2) is 9.86. The maximum Gasteiger partial charge on any atom is 0.301 e. The fourth-order valence-electron chi connectivity index (χ4n) is 4.38. The highest BCUT2D eigenvalue weighted by Crippen LogP contribution is 2.45. The van der Waals surface area contributed by atoms with Gasteiger partial charge < -0.3 is 14.9 Å². The van der Waals surface area contributed by atoms with Crippen molar-refractivity contribution >= 4 is 44.1 Å². The molecule has 38 heavy (non-hydrogen) atoms. The molecular formula is C28H22F2N2O5S. The van der Waals surface area contributed by atoms with E-state index in [-0.39, 0.29) is 26.7 Å². The van der Waals surface area contributed by atoms with Gasteiger partial charge in [0.15, 0.2) is 10.9 Å². The van der Waals surface area contributed by atoms with Crippen LogP contribution in [0.5, 0.6) is 11.5 Å². The Balaban J connectivity index is 1.68. The third kappa shape index (κ3) is 4.37. The standard InChI is InChI=1S/C28H22F2N2O5S/c1-3-10-37-20-9-6-16(11-14(20)2)25(34)22-24(15-4-7-18(33)8-5-15)32(27(36)26(22)35)28-31-23-19(30)12-17(29)13-21(23)38-28/h4-9,11-13,24,33-34H,3,10H2,1-2H3/b25-22+. The van der Waals surface area contributed by atoms with Gasteiger partial charge in [-0.25, -0.2) is 13.8 Å². The highest BCUT2D eigenvalue weighted by atomic mass is 32.1. The molecule has 1 aliphatic rings. The Bertz CT molecular complexity index is 1610. The van der Waals surface area contributed by atoms with Gasteiger partial charge in [0.25, 0.3) is 5.78 Å². The Hall–Kier alpha value is -4.31. The average molecular weight is 537 g/mol. The van der Waals surface area contributed by atoms with E-state index in [4.69, 9.17) is 4.74 Å². The summed E-state index contributed by atoms with van der Waals surface area (Å²) < 4.78 is 34.1. The first-order valence-corrected chi connectivity index (χ1v) is 12.6. The number of phenolic OH excluding ortho intramolecular Hbond substituents is 1. The molecule has 1 atom stereocenters. The van der Waals surface area contributed by atoms with Crippen molar-refractivity contribution in [1.82, 2.24) is 4.98 Å². The van der Waals surface area contributed by atoms with Crippen LogP contribution in [-0.2, 0) is 9.59 Å². The number of aromatic nitrogens is 1. The molecule has 1 aromatic heterocycles. The van der Waals surface area contributed by atoms with E-state index in [0.29, 0.717) is 29.5 Å². The molecule has 10 heteroatoms. The summed E-state index contributed by atoms with van der Waals surface area (Å²) >= 11 is 0.843. The zero-order chi connectivity index (χ0) is 27.1. The Labute approximate surface area is 220 Å². The zero-order valence-corrected chi connectivity index (χ0v) is 21.2. The number of benzene rings is 3. The maximum atomic E-state index is 14.4. The number of carbonyl (C=O) groups excluding carboxylic acids is 2. The number of aliphatic hydroxyl groups excluding tert-OH is 1. The van der Waals surface area contributed by atoms with Crippen molar-refractivity contribution in [1.29, 1.82) is 0 Å². The Morgan fingerprint density at radius 1 is 1.11 bits per heavy atom. The number of hydrogen-bond donors (Lipinski definition) is 2. The fraction of sp³-hybridized carbons (Fsp3) is 0.179. The fourth-order valence-corrected chi connectivity index (χ4v) is 5.41. The molecular weight excluding hydrogens is 514 g/mol. The third-order valence-electron chi connectivity index (χ3n) is 6.17. The number of ketones is 1. The molecule has 0 aliphatic carbocycles. The third-order valence-corrected chi connectivity index (χ3v) is 7.17. The van der Waals surface area contributed by atoms with Crippen LogP contribution in [0.3, 0.4) is 0 Å². The van der Waals surface area contributed by atoms with Gasteiger partial charge in [-0.3, -0.25) is 14.5 Å². The number of amides is 1. The molecule has 7 nitrogen and oxygen atoms in total. The lowest BCUT2D eigenvalue weighted by atomic mass is 9.95. The number of Topliss-reactive ketones (excluding diaryl/α,β-unsaturated/α-hetero) is 1. The first kappa shape index (κ1) is 25.3. The smallest absolute Gasteiger partial charge is 0.301 e. The number of fused-ring (bicyclic) bond motifs is 1. The van der Waals surface area contributed by atoms with Gasteiger partial charge in [-0.05, 0) is 60.9 Å². The number of carbonyl (C=O) groups is 2. The van der Waals surface area contributed by atoms with Crippen LogP contribution in [0.2, 0.25) is 0 Å². The van der Waals surface area contributed by atoms with E-state index in [1.165, 1.54) is 24.3 Å². The van der Waals surface area contributed by atoms with Gasteiger partial charge in [-0.2, -0.15) is 0 Å². The number of aryl methyl sites for hydroxylation is 1.